The molecule has 0 aromatic heterocycles. The minimum Gasteiger partial charge on any atom is -0.480 e. The highest BCUT2D eigenvalue weighted by molar-refractivity contribution is 5.84. The van der Waals surface area contributed by atoms with Crippen molar-refractivity contribution in [1.29, 1.82) is 0 Å². The quantitative estimate of drug-likeness (QED) is 0.401. The molecule has 0 spiro atoms. The van der Waals surface area contributed by atoms with E-state index < -0.39 is 12.0 Å². The molecule has 1 amide bonds. The van der Waals surface area contributed by atoms with Crippen LogP contribution in [0.15, 0.2) is 0 Å². The van der Waals surface area contributed by atoms with Crippen molar-refractivity contribution >= 4 is 11.9 Å². The zero-order chi connectivity index (χ0) is 12.4. The van der Waals surface area contributed by atoms with Crippen LogP contribution >= 0.6 is 0 Å². The van der Waals surface area contributed by atoms with Gasteiger partial charge in [-0.3, -0.25) is 10.1 Å². The Bertz CT molecular complexity index is 271. The van der Waals surface area contributed by atoms with E-state index in [9.17, 15) is 9.59 Å². The van der Waals surface area contributed by atoms with Crippen LogP contribution in [-0.4, -0.2) is 36.1 Å². The molecule has 0 unspecified atom stereocenters. The van der Waals surface area contributed by atoms with Gasteiger partial charge in [0, 0.05) is 0 Å². The summed E-state index contributed by atoms with van der Waals surface area (Å²) in [6, 6.07) is -0.805. The van der Waals surface area contributed by atoms with Crippen molar-refractivity contribution in [3.8, 4) is 12.3 Å². The fourth-order valence-corrected chi connectivity index (χ4v) is 1.16. The number of carbonyl (C=O) groups is 2. The van der Waals surface area contributed by atoms with E-state index in [1.807, 2.05) is 6.92 Å². The van der Waals surface area contributed by atoms with Crippen molar-refractivity contribution < 1.29 is 14.7 Å². The van der Waals surface area contributed by atoms with Gasteiger partial charge >= 0.3 is 5.97 Å². The molecule has 90 valence electrons. The molecule has 0 fully saturated rings. The molecule has 0 aliphatic heterocycles. The minimum absolute atomic E-state index is 0.0418. The van der Waals surface area contributed by atoms with Gasteiger partial charge in [-0.25, -0.2) is 4.79 Å². The van der Waals surface area contributed by atoms with E-state index in [-0.39, 0.29) is 12.5 Å². The second-order valence-corrected chi connectivity index (χ2v) is 3.41. The van der Waals surface area contributed by atoms with Crippen LogP contribution in [0.5, 0.6) is 0 Å². The van der Waals surface area contributed by atoms with Crippen LogP contribution in [0.25, 0.3) is 0 Å². The molecule has 3 N–H and O–H groups in total. The Morgan fingerprint density at radius 3 is 2.69 bits per heavy atom. The molecule has 0 aromatic carbocycles. The molecule has 5 nitrogen and oxygen atoms in total. The predicted molar refractivity (Wildman–Crippen MR) is 60.8 cm³/mol. The summed E-state index contributed by atoms with van der Waals surface area (Å²) in [5, 5.41) is 14.0. The molecule has 16 heavy (non-hydrogen) atoms. The van der Waals surface area contributed by atoms with E-state index in [2.05, 4.69) is 16.6 Å². The lowest BCUT2D eigenvalue weighted by Gasteiger charge is -2.13. The lowest BCUT2D eigenvalue weighted by Crippen LogP contribution is -2.44. The van der Waals surface area contributed by atoms with Crippen molar-refractivity contribution in [2.24, 2.45) is 0 Å². The number of carbonyl (C=O) groups excluding carboxylic acids is 1. The van der Waals surface area contributed by atoms with E-state index in [4.69, 9.17) is 11.5 Å². The Morgan fingerprint density at radius 1 is 1.50 bits per heavy atom. The molecule has 0 rings (SSSR count). The standard InChI is InChI=1S/C11H18N2O3/c1-3-5-6-9(11(15)16)13-10(14)8-12-7-4-2/h2,9,12H,3,5-8H2,1H3,(H,13,14)(H,15,16)/t9-/m0/s1. The van der Waals surface area contributed by atoms with Crippen molar-refractivity contribution in [3.05, 3.63) is 0 Å². The number of rotatable bonds is 8. The summed E-state index contributed by atoms with van der Waals surface area (Å²) in [5.74, 6) is 0.976. The average molecular weight is 226 g/mol. The third-order valence-electron chi connectivity index (χ3n) is 1.99. The van der Waals surface area contributed by atoms with Crippen LogP contribution in [0.3, 0.4) is 0 Å². The lowest BCUT2D eigenvalue weighted by molar-refractivity contribution is -0.141. The van der Waals surface area contributed by atoms with Crippen LogP contribution in [0.4, 0.5) is 0 Å². The Balaban J connectivity index is 3.94. The fourth-order valence-electron chi connectivity index (χ4n) is 1.16. The van der Waals surface area contributed by atoms with Crippen molar-refractivity contribution in [3.63, 3.8) is 0 Å². The highest BCUT2D eigenvalue weighted by Gasteiger charge is 2.18. The first kappa shape index (κ1) is 14.5. The van der Waals surface area contributed by atoms with Crippen LogP contribution in [-0.2, 0) is 9.59 Å². The number of terminal acetylenes is 1. The number of hydrogen-bond acceptors (Lipinski definition) is 3. The summed E-state index contributed by atoms with van der Waals surface area (Å²) in [5.41, 5.74) is 0. The molecule has 0 aliphatic rings. The molecule has 0 heterocycles. The number of carboxylic acid groups (broad SMARTS) is 1. The van der Waals surface area contributed by atoms with Crippen LogP contribution in [0.2, 0.25) is 0 Å². The molecular weight excluding hydrogens is 208 g/mol. The summed E-state index contributed by atoms with van der Waals surface area (Å²) >= 11 is 0. The van der Waals surface area contributed by atoms with Crippen molar-refractivity contribution in [2.45, 2.75) is 32.2 Å². The van der Waals surface area contributed by atoms with Gasteiger partial charge in [0.2, 0.25) is 5.91 Å². The molecule has 0 aliphatic carbocycles. The Labute approximate surface area is 95.6 Å². The second kappa shape index (κ2) is 8.74. The number of aliphatic carboxylic acids is 1. The summed E-state index contributed by atoms with van der Waals surface area (Å²) in [6.45, 7) is 2.30. The smallest absolute Gasteiger partial charge is 0.326 e. The predicted octanol–water partition coefficient (Wildman–Crippen LogP) is -0.0312. The summed E-state index contributed by atoms with van der Waals surface area (Å²) < 4.78 is 0. The van der Waals surface area contributed by atoms with Crippen LogP contribution < -0.4 is 10.6 Å². The van der Waals surface area contributed by atoms with Gasteiger partial charge in [-0.15, -0.1) is 6.42 Å². The van der Waals surface area contributed by atoms with Gasteiger partial charge in [-0.2, -0.15) is 0 Å². The molecule has 0 aromatic rings. The Kier molecular flexibility index (Phi) is 7.90. The van der Waals surface area contributed by atoms with Gasteiger partial charge in [0.05, 0.1) is 13.1 Å². The summed E-state index contributed by atoms with van der Waals surface area (Å²) in [7, 11) is 0. The average Bonchev–Trinajstić information content (AvgIpc) is 2.24. The summed E-state index contributed by atoms with van der Waals surface area (Å²) in [4.78, 5) is 22.1. The van der Waals surface area contributed by atoms with Crippen LogP contribution in [0.1, 0.15) is 26.2 Å². The number of hydrogen-bond donors (Lipinski definition) is 3. The summed E-state index contributed by atoms with van der Waals surface area (Å²) in [6.07, 6.45) is 7.11. The number of unbranched alkanes of at least 4 members (excludes halogenated alkanes) is 1. The third kappa shape index (κ3) is 6.85. The normalized spacial score (nSPS) is 11.5. The molecular formula is C11H18N2O3. The van der Waals surface area contributed by atoms with Gasteiger partial charge in [0.1, 0.15) is 6.04 Å². The van der Waals surface area contributed by atoms with E-state index in [1.165, 1.54) is 0 Å². The zero-order valence-electron chi connectivity index (χ0n) is 9.45. The Hall–Kier alpha value is -1.54. The van der Waals surface area contributed by atoms with Crippen molar-refractivity contribution in [2.75, 3.05) is 13.1 Å². The topological polar surface area (TPSA) is 78.4 Å². The van der Waals surface area contributed by atoms with Gasteiger partial charge < -0.3 is 10.4 Å². The highest BCUT2D eigenvalue weighted by Crippen LogP contribution is 2.00. The van der Waals surface area contributed by atoms with E-state index in [0.717, 1.165) is 12.8 Å². The van der Waals surface area contributed by atoms with Gasteiger partial charge in [0.15, 0.2) is 0 Å². The SMILES string of the molecule is C#CCNCC(=O)N[C@@H](CCCC)C(=O)O. The van der Waals surface area contributed by atoms with E-state index in [1.54, 1.807) is 0 Å². The third-order valence-corrected chi connectivity index (χ3v) is 1.99. The lowest BCUT2D eigenvalue weighted by atomic mass is 10.1. The van der Waals surface area contributed by atoms with Gasteiger partial charge in [-0.05, 0) is 6.42 Å². The van der Waals surface area contributed by atoms with E-state index in [0.29, 0.717) is 13.0 Å². The largest absolute Gasteiger partial charge is 0.480 e. The van der Waals surface area contributed by atoms with Crippen molar-refractivity contribution in [1.82, 2.24) is 10.6 Å². The van der Waals surface area contributed by atoms with Gasteiger partial charge in [-0.1, -0.05) is 25.7 Å². The fraction of sp³-hybridized carbons (Fsp3) is 0.636. The maximum atomic E-state index is 11.3. The maximum Gasteiger partial charge on any atom is 0.326 e. The maximum absolute atomic E-state index is 11.3. The van der Waals surface area contributed by atoms with Crippen LogP contribution in [0, 0.1) is 12.3 Å². The number of amides is 1. The zero-order valence-corrected chi connectivity index (χ0v) is 9.45. The highest BCUT2D eigenvalue weighted by atomic mass is 16.4. The molecule has 0 saturated heterocycles. The monoisotopic (exact) mass is 226 g/mol. The first-order chi connectivity index (χ1) is 7.61. The molecule has 0 radical (unpaired) electrons. The molecule has 0 bridgehead atoms. The minimum atomic E-state index is -1.00. The molecule has 5 heteroatoms. The molecule has 1 atom stereocenters. The number of carboxylic acids is 1. The van der Waals surface area contributed by atoms with Gasteiger partial charge in [0.25, 0.3) is 0 Å². The second-order valence-electron chi connectivity index (χ2n) is 3.41. The first-order valence-corrected chi connectivity index (χ1v) is 5.28. The Morgan fingerprint density at radius 2 is 2.19 bits per heavy atom. The number of nitrogens with one attached hydrogen (secondary N) is 2. The van der Waals surface area contributed by atoms with E-state index >= 15 is 0 Å². The molecule has 0 saturated carbocycles. The first-order valence-electron chi connectivity index (χ1n) is 5.28.